The summed E-state index contributed by atoms with van der Waals surface area (Å²) in [7, 11) is 3.47. The second-order valence-electron chi connectivity index (χ2n) is 6.55. The van der Waals surface area contributed by atoms with Gasteiger partial charge in [0.1, 0.15) is 5.82 Å². The van der Waals surface area contributed by atoms with E-state index in [0.29, 0.717) is 17.5 Å². The Bertz CT molecular complexity index is 757. The number of benzene rings is 1. The second kappa shape index (κ2) is 8.18. The number of carbonyl (C=O) groups excluding carboxylic acids is 1. The number of thioether (sulfide) groups is 1. The van der Waals surface area contributed by atoms with E-state index in [1.165, 1.54) is 23.9 Å². The minimum Gasteiger partial charge on any atom is -0.376 e. The van der Waals surface area contributed by atoms with E-state index in [9.17, 15) is 9.18 Å². The molecular formula is C18H23FN4O2S. The molecule has 2 unspecified atom stereocenters. The molecule has 140 valence electrons. The number of aromatic nitrogens is 3. The van der Waals surface area contributed by atoms with Gasteiger partial charge in [-0.25, -0.2) is 4.39 Å². The maximum absolute atomic E-state index is 13.3. The maximum Gasteiger partial charge on any atom is 0.235 e. The second-order valence-corrected chi connectivity index (χ2v) is 7.86. The summed E-state index contributed by atoms with van der Waals surface area (Å²) in [4.78, 5) is 13.8. The fourth-order valence-electron chi connectivity index (χ4n) is 2.92. The largest absolute Gasteiger partial charge is 0.376 e. The van der Waals surface area contributed by atoms with Gasteiger partial charge in [-0.1, -0.05) is 11.8 Å². The van der Waals surface area contributed by atoms with E-state index in [1.807, 2.05) is 11.5 Å². The highest BCUT2D eigenvalue weighted by molar-refractivity contribution is 8.00. The van der Waals surface area contributed by atoms with Crippen LogP contribution in [0.2, 0.25) is 0 Å². The van der Waals surface area contributed by atoms with Crippen molar-refractivity contribution < 1.29 is 13.9 Å². The first-order chi connectivity index (χ1) is 12.5. The summed E-state index contributed by atoms with van der Waals surface area (Å²) in [5.74, 6) is 0.385. The smallest absolute Gasteiger partial charge is 0.235 e. The van der Waals surface area contributed by atoms with Crippen LogP contribution in [0.25, 0.3) is 11.4 Å². The number of rotatable bonds is 6. The van der Waals surface area contributed by atoms with E-state index in [2.05, 4.69) is 10.2 Å². The molecule has 1 aromatic heterocycles. The summed E-state index contributed by atoms with van der Waals surface area (Å²) < 4.78 is 21.0. The Kier molecular flexibility index (Phi) is 5.93. The Labute approximate surface area is 156 Å². The first-order valence-corrected chi connectivity index (χ1v) is 9.52. The number of halogens is 1. The lowest BCUT2D eigenvalue weighted by Gasteiger charge is -2.18. The summed E-state index contributed by atoms with van der Waals surface area (Å²) >= 11 is 1.38. The van der Waals surface area contributed by atoms with Gasteiger partial charge in [-0.2, -0.15) is 0 Å². The van der Waals surface area contributed by atoms with E-state index >= 15 is 0 Å². The van der Waals surface area contributed by atoms with Crippen LogP contribution in [0.15, 0.2) is 29.4 Å². The fraction of sp³-hybridized carbons (Fsp3) is 0.500. The van der Waals surface area contributed by atoms with Crippen molar-refractivity contribution in [3.05, 3.63) is 30.1 Å². The molecule has 2 heterocycles. The monoisotopic (exact) mass is 378 g/mol. The molecule has 1 amide bonds. The molecule has 26 heavy (non-hydrogen) atoms. The van der Waals surface area contributed by atoms with Crippen molar-refractivity contribution in [2.24, 2.45) is 0 Å². The Morgan fingerprint density at radius 1 is 1.38 bits per heavy atom. The third-order valence-corrected chi connectivity index (χ3v) is 5.37. The molecule has 3 rings (SSSR count). The zero-order chi connectivity index (χ0) is 18.7. The Hall–Kier alpha value is -1.93. The van der Waals surface area contributed by atoms with Gasteiger partial charge in [0.15, 0.2) is 11.0 Å². The minimum absolute atomic E-state index is 0.0185. The highest BCUT2D eigenvalue weighted by atomic mass is 32.2. The number of carbonyl (C=O) groups is 1. The molecule has 1 aromatic carbocycles. The van der Waals surface area contributed by atoms with E-state index < -0.39 is 0 Å². The predicted molar refractivity (Wildman–Crippen MR) is 98.4 cm³/mol. The van der Waals surface area contributed by atoms with Gasteiger partial charge in [-0.05, 0) is 44.0 Å². The Morgan fingerprint density at radius 2 is 2.12 bits per heavy atom. The standard InChI is InChI=1S/C18H23FN4O2S/c1-12(17(24)22(2)3)26-18-21-20-16(13-6-8-14(19)9-7-13)23(18)11-15-5-4-10-25-15/h6-9,12,15H,4-5,10-11H2,1-3H3. The lowest BCUT2D eigenvalue weighted by molar-refractivity contribution is -0.127. The quantitative estimate of drug-likeness (QED) is 0.724. The first kappa shape index (κ1) is 18.8. The summed E-state index contributed by atoms with van der Waals surface area (Å²) in [6.45, 7) is 3.23. The van der Waals surface area contributed by atoms with Crippen LogP contribution in [-0.2, 0) is 16.1 Å². The summed E-state index contributed by atoms with van der Waals surface area (Å²) in [5, 5.41) is 8.99. The lowest BCUT2D eigenvalue weighted by Crippen LogP contribution is -2.30. The highest BCUT2D eigenvalue weighted by Crippen LogP contribution is 2.29. The van der Waals surface area contributed by atoms with Crippen molar-refractivity contribution in [1.82, 2.24) is 19.7 Å². The first-order valence-electron chi connectivity index (χ1n) is 8.64. The number of nitrogens with zero attached hydrogens (tertiary/aromatic N) is 4. The average Bonchev–Trinajstić information content (AvgIpc) is 3.26. The molecule has 1 aliphatic rings. The highest BCUT2D eigenvalue weighted by Gasteiger charge is 2.25. The molecule has 0 radical (unpaired) electrons. The van der Waals surface area contributed by atoms with Gasteiger partial charge in [-0.15, -0.1) is 10.2 Å². The van der Waals surface area contributed by atoms with Crippen LogP contribution in [0.1, 0.15) is 19.8 Å². The molecule has 1 aliphatic heterocycles. The van der Waals surface area contributed by atoms with Crippen LogP contribution in [0.3, 0.4) is 0 Å². The van der Waals surface area contributed by atoms with Gasteiger partial charge in [0.2, 0.25) is 5.91 Å². The van der Waals surface area contributed by atoms with Crippen LogP contribution in [0.5, 0.6) is 0 Å². The molecule has 8 heteroatoms. The number of hydrogen-bond donors (Lipinski definition) is 0. The van der Waals surface area contributed by atoms with Gasteiger partial charge >= 0.3 is 0 Å². The van der Waals surface area contributed by atoms with Crippen molar-refractivity contribution in [3.8, 4) is 11.4 Å². The lowest BCUT2D eigenvalue weighted by atomic mass is 10.2. The zero-order valence-electron chi connectivity index (χ0n) is 15.2. The molecule has 2 atom stereocenters. The molecular weight excluding hydrogens is 355 g/mol. The Balaban J connectivity index is 1.90. The number of ether oxygens (including phenoxy) is 1. The molecule has 2 aromatic rings. The van der Waals surface area contributed by atoms with Crippen LogP contribution in [0.4, 0.5) is 4.39 Å². The molecule has 1 saturated heterocycles. The summed E-state index contributed by atoms with van der Waals surface area (Å²) in [6, 6.07) is 6.19. The minimum atomic E-state index is -0.293. The van der Waals surface area contributed by atoms with Crippen LogP contribution in [0, 0.1) is 5.82 Å². The SMILES string of the molecule is CC(Sc1nnc(-c2ccc(F)cc2)n1CC1CCCO1)C(=O)N(C)C. The topological polar surface area (TPSA) is 60.2 Å². The van der Waals surface area contributed by atoms with E-state index in [4.69, 9.17) is 4.74 Å². The predicted octanol–water partition coefficient (Wildman–Crippen LogP) is 2.83. The van der Waals surface area contributed by atoms with E-state index in [-0.39, 0.29) is 23.1 Å². The van der Waals surface area contributed by atoms with Gasteiger partial charge in [0, 0.05) is 26.3 Å². The molecule has 1 fully saturated rings. The van der Waals surface area contributed by atoms with E-state index in [1.54, 1.807) is 31.1 Å². The maximum atomic E-state index is 13.3. The molecule has 6 nitrogen and oxygen atoms in total. The molecule has 0 aliphatic carbocycles. The third kappa shape index (κ3) is 4.24. The number of amides is 1. The van der Waals surface area contributed by atoms with Gasteiger partial charge in [0.05, 0.1) is 17.9 Å². The van der Waals surface area contributed by atoms with Gasteiger partial charge in [0.25, 0.3) is 0 Å². The van der Waals surface area contributed by atoms with Crippen molar-refractivity contribution in [2.45, 2.75) is 42.8 Å². The zero-order valence-corrected chi connectivity index (χ0v) is 16.0. The summed E-state index contributed by atoms with van der Waals surface area (Å²) in [5.41, 5.74) is 0.787. The van der Waals surface area contributed by atoms with Gasteiger partial charge < -0.3 is 9.64 Å². The molecule has 0 bridgehead atoms. The fourth-order valence-corrected chi connectivity index (χ4v) is 3.92. The summed E-state index contributed by atoms with van der Waals surface area (Å²) in [6.07, 6.45) is 2.12. The number of hydrogen-bond acceptors (Lipinski definition) is 5. The van der Waals surface area contributed by atoms with Crippen molar-refractivity contribution in [3.63, 3.8) is 0 Å². The van der Waals surface area contributed by atoms with Crippen molar-refractivity contribution in [1.29, 1.82) is 0 Å². The third-order valence-electron chi connectivity index (χ3n) is 4.30. The average molecular weight is 378 g/mol. The van der Waals surface area contributed by atoms with Gasteiger partial charge in [-0.3, -0.25) is 9.36 Å². The van der Waals surface area contributed by atoms with Crippen LogP contribution < -0.4 is 0 Å². The normalized spacial score (nSPS) is 18.1. The van der Waals surface area contributed by atoms with Crippen LogP contribution >= 0.6 is 11.8 Å². The van der Waals surface area contributed by atoms with Crippen molar-refractivity contribution in [2.75, 3.05) is 20.7 Å². The van der Waals surface area contributed by atoms with Crippen LogP contribution in [-0.4, -0.2) is 57.6 Å². The molecule has 0 spiro atoms. The Morgan fingerprint density at radius 3 is 2.73 bits per heavy atom. The van der Waals surface area contributed by atoms with E-state index in [0.717, 1.165) is 25.0 Å². The molecule has 0 saturated carbocycles. The van der Waals surface area contributed by atoms with Crippen molar-refractivity contribution >= 4 is 17.7 Å². The molecule has 0 N–H and O–H groups in total.